The fraction of sp³-hybridized carbons (Fsp3) is 0.250. The molecule has 0 atom stereocenters. The molecule has 100 valence electrons. The van der Waals surface area contributed by atoms with Crippen LogP contribution in [0.25, 0.3) is 6.08 Å². The topological polar surface area (TPSA) is 58.6 Å². The van der Waals surface area contributed by atoms with Gasteiger partial charge in [0.2, 0.25) is 0 Å². The molecule has 0 unspecified atom stereocenters. The Hall–Kier alpha value is -1.57. The van der Waals surface area contributed by atoms with Gasteiger partial charge in [0.25, 0.3) is 11.8 Å². The Kier molecular flexibility index (Phi) is 4.41. The highest BCUT2D eigenvalue weighted by Gasteiger charge is 2.32. The highest BCUT2D eigenvalue weighted by molar-refractivity contribution is 7.80. The molecular formula is C12H12N2O3S2. The van der Waals surface area contributed by atoms with Crippen LogP contribution in [0.3, 0.4) is 0 Å². The van der Waals surface area contributed by atoms with Gasteiger partial charge in [-0.15, -0.1) is 11.3 Å². The van der Waals surface area contributed by atoms with Gasteiger partial charge in [-0.3, -0.25) is 19.8 Å². The average Bonchev–Trinajstić information content (AvgIpc) is 2.87. The lowest BCUT2D eigenvalue weighted by molar-refractivity contribution is -0.129. The van der Waals surface area contributed by atoms with Gasteiger partial charge in [0, 0.05) is 12.0 Å². The standard InChI is InChI=1S/C12H12N2O3S2/c1-17-5-4-14-11(16)9(10(15)13-12(14)18)7-8-3-2-6-19-8/h2-3,6-7H,4-5H2,1H3,(H,13,15,18). The fourth-order valence-corrected chi connectivity index (χ4v) is 2.52. The van der Waals surface area contributed by atoms with E-state index in [1.807, 2.05) is 17.5 Å². The molecule has 1 N–H and O–H groups in total. The van der Waals surface area contributed by atoms with Crippen LogP contribution in [0.15, 0.2) is 23.1 Å². The highest BCUT2D eigenvalue weighted by atomic mass is 32.1. The van der Waals surface area contributed by atoms with Gasteiger partial charge < -0.3 is 4.74 Å². The second kappa shape index (κ2) is 6.05. The van der Waals surface area contributed by atoms with Gasteiger partial charge in [0.05, 0.1) is 13.2 Å². The van der Waals surface area contributed by atoms with Gasteiger partial charge in [-0.1, -0.05) is 6.07 Å². The van der Waals surface area contributed by atoms with E-state index in [1.165, 1.54) is 16.2 Å². The lowest BCUT2D eigenvalue weighted by atomic mass is 10.1. The Morgan fingerprint density at radius 2 is 2.32 bits per heavy atom. The minimum Gasteiger partial charge on any atom is -0.383 e. The van der Waals surface area contributed by atoms with Crippen molar-refractivity contribution in [1.82, 2.24) is 10.2 Å². The van der Waals surface area contributed by atoms with Crippen LogP contribution in [-0.2, 0) is 14.3 Å². The summed E-state index contributed by atoms with van der Waals surface area (Å²) >= 11 is 6.44. The first-order valence-electron chi connectivity index (χ1n) is 5.55. The summed E-state index contributed by atoms with van der Waals surface area (Å²) < 4.78 is 4.93. The predicted molar refractivity (Wildman–Crippen MR) is 76.6 cm³/mol. The summed E-state index contributed by atoms with van der Waals surface area (Å²) in [6.45, 7) is 0.671. The van der Waals surface area contributed by atoms with Crippen LogP contribution < -0.4 is 5.32 Å². The summed E-state index contributed by atoms with van der Waals surface area (Å²) in [5, 5.41) is 4.51. The molecule has 1 aromatic rings. The number of nitrogens with zero attached hydrogens (tertiary/aromatic N) is 1. The highest BCUT2D eigenvalue weighted by Crippen LogP contribution is 2.17. The first kappa shape index (κ1) is 13.9. The molecule has 0 aromatic carbocycles. The zero-order valence-electron chi connectivity index (χ0n) is 10.2. The van der Waals surface area contributed by atoms with Crippen molar-refractivity contribution < 1.29 is 14.3 Å². The molecule has 19 heavy (non-hydrogen) atoms. The van der Waals surface area contributed by atoms with Gasteiger partial charge in [-0.25, -0.2) is 0 Å². The smallest absolute Gasteiger partial charge is 0.265 e. The average molecular weight is 296 g/mol. The van der Waals surface area contributed by atoms with Crippen LogP contribution in [-0.4, -0.2) is 42.1 Å². The fourth-order valence-electron chi connectivity index (χ4n) is 1.60. The summed E-state index contributed by atoms with van der Waals surface area (Å²) in [5.41, 5.74) is 0.0900. The third-order valence-electron chi connectivity index (χ3n) is 2.53. The number of thiocarbonyl (C=S) groups is 1. The second-order valence-corrected chi connectivity index (χ2v) is 5.15. The lowest BCUT2D eigenvalue weighted by Gasteiger charge is -2.28. The van der Waals surface area contributed by atoms with E-state index < -0.39 is 5.91 Å². The quantitative estimate of drug-likeness (QED) is 0.512. The third kappa shape index (κ3) is 3.06. The summed E-state index contributed by atoms with van der Waals surface area (Å²) in [4.78, 5) is 26.2. The number of hydrogen-bond donors (Lipinski definition) is 1. The first-order chi connectivity index (χ1) is 9.13. The van der Waals surface area contributed by atoms with Crippen molar-refractivity contribution in [2.24, 2.45) is 0 Å². The molecule has 2 rings (SSSR count). The molecule has 1 fully saturated rings. The molecule has 0 aliphatic carbocycles. The summed E-state index contributed by atoms with van der Waals surface area (Å²) in [6, 6.07) is 3.69. The molecule has 0 spiro atoms. The summed E-state index contributed by atoms with van der Waals surface area (Å²) in [5.74, 6) is -0.851. The SMILES string of the molecule is COCCN1C(=O)C(=Cc2cccs2)C(=O)NC1=S. The molecule has 1 saturated heterocycles. The summed E-state index contributed by atoms with van der Waals surface area (Å²) in [6.07, 6.45) is 1.57. The van der Waals surface area contributed by atoms with E-state index in [-0.39, 0.29) is 16.6 Å². The Labute approximate surface area is 119 Å². The normalized spacial score (nSPS) is 18.1. The van der Waals surface area contributed by atoms with Crippen LogP contribution in [0.5, 0.6) is 0 Å². The van der Waals surface area contributed by atoms with Gasteiger partial charge >= 0.3 is 0 Å². The largest absolute Gasteiger partial charge is 0.383 e. The molecule has 1 aliphatic heterocycles. The minimum atomic E-state index is -0.461. The van der Waals surface area contributed by atoms with Gasteiger partial charge in [0.1, 0.15) is 5.57 Å². The predicted octanol–water partition coefficient (Wildman–Crippen LogP) is 1.02. The zero-order chi connectivity index (χ0) is 13.8. The minimum absolute atomic E-state index is 0.0900. The number of ether oxygens (including phenoxy) is 1. The van der Waals surface area contributed by atoms with E-state index in [1.54, 1.807) is 13.2 Å². The van der Waals surface area contributed by atoms with Crippen LogP contribution >= 0.6 is 23.6 Å². The number of amides is 2. The maximum atomic E-state index is 12.2. The van der Waals surface area contributed by atoms with E-state index in [0.29, 0.717) is 13.2 Å². The maximum Gasteiger partial charge on any atom is 0.265 e. The van der Waals surface area contributed by atoms with E-state index in [9.17, 15) is 9.59 Å². The third-order valence-corrected chi connectivity index (χ3v) is 3.68. The number of nitrogens with one attached hydrogen (secondary N) is 1. The van der Waals surface area contributed by atoms with Crippen molar-refractivity contribution in [3.8, 4) is 0 Å². The molecule has 0 radical (unpaired) electrons. The monoisotopic (exact) mass is 296 g/mol. The molecule has 1 aliphatic rings. The van der Waals surface area contributed by atoms with Crippen molar-refractivity contribution in [3.63, 3.8) is 0 Å². The van der Waals surface area contributed by atoms with Crippen molar-refractivity contribution in [3.05, 3.63) is 28.0 Å². The molecule has 0 bridgehead atoms. The van der Waals surface area contributed by atoms with Crippen molar-refractivity contribution in [1.29, 1.82) is 0 Å². The Balaban J connectivity index is 2.25. The van der Waals surface area contributed by atoms with E-state index >= 15 is 0 Å². The maximum absolute atomic E-state index is 12.2. The van der Waals surface area contributed by atoms with Gasteiger partial charge in [-0.05, 0) is 29.7 Å². The number of carbonyl (C=O) groups excluding carboxylic acids is 2. The van der Waals surface area contributed by atoms with Crippen LogP contribution in [0.1, 0.15) is 4.88 Å². The molecule has 2 heterocycles. The van der Waals surface area contributed by atoms with Crippen molar-refractivity contribution >= 4 is 46.6 Å². The number of methoxy groups -OCH3 is 1. The van der Waals surface area contributed by atoms with Crippen LogP contribution in [0.2, 0.25) is 0 Å². The molecule has 0 saturated carbocycles. The molecule has 7 heteroatoms. The number of thiophene rings is 1. The lowest BCUT2D eigenvalue weighted by Crippen LogP contribution is -2.54. The number of rotatable bonds is 4. The number of hydrogen-bond acceptors (Lipinski definition) is 5. The van der Waals surface area contributed by atoms with Crippen LogP contribution in [0, 0.1) is 0 Å². The molecular weight excluding hydrogens is 284 g/mol. The number of carbonyl (C=O) groups is 2. The first-order valence-corrected chi connectivity index (χ1v) is 6.83. The zero-order valence-corrected chi connectivity index (χ0v) is 11.8. The van der Waals surface area contributed by atoms with Gasteiger partial charge in [-0.2, -0.15) is 0 Å². The van der Waals surface area contributed by atoms with E-state index in [4.69, 9.17) is 17.0 Å². The van der Waals surface area contributed by atoms with Gasteiger partial charge in [0.15, 0.2) is 5.11 Å². The van der Waals surface area contributed by atoms with Crippen molar-refractivity contribution in [2.45, 2.75) is 0 Å². The Morgan fingerprint density at radius 3 is 2.95 bits per heavy atom. The Bertz CT molecular complexity index is 537. The molecule has 5 nitrogen and oxygen atoms in total. The summed E-state index contributed by atoms with van der Waals surface area (Å²) in [7, 11) is 1.54. The second-order valence-electron chi connectivity index (χ2n) is 3.78. The van der Waals surface area contributed by atoms with E-state index in [2.05, 4.69) is 5.32 Å². The van der Waals surface area contributed by atoms with Crippen LogP contribution in [0.4, 0.5) is 0 Å². The Morgan fingerprint density at radius 1 is 1.53 bits per heavy atom. The molecule has 1 aromatic heterocycles. The van der Waals surface area contributed by atoms with Crippen molar-refractivity contribution in [2.75, 3.05) is 20.3 Å². The van der Waals surface area contributed by atoms with E-state index in [0.717, 1.165) is 4.88 Å². The molecule has 2 amide bonds.